The molecule has 8 heteroatoms. The number of methoxy groups -OCH3 is 1. The zero-order chi connectivity index (χ0) is 31.3. The average molecular weight is 609 g/mol. The summed E-state index contributed by atoms with van der Waals surface area (Å²) in [5.74, 6) is 0.823. The third-order valence-electron chi connectivity index (χ3n) is 9.66. The van der Waals surface area contributed by atoms with Crippen LogP contribution in [0, 0.1) is 0 Å². The van der Waals surface area contributed by atoms with E-state index in [9.17, 15) is 4.79 Å². The standard InChI is InChI=1S/C37H48N6O2/c1-38-15-21-41(22-16-38)31-12-9-29(35(28-31)43-25-19-40(3)20-26-43)11-14-36(44)33-27-30(32-7-5-6-8-37(32)45-4)10-13-34(33)42-23-17-39(2)18-24-42/h5-14,27-28H,15-26H2,1-4H3. The molecule has 3 aliphatic heterocycles. The molecule has 3 fully saturated rings. The minimum Gasteiger partial charge on any atom is -0.496 e. The van der Waals surface area contributed by atoms with E-state index in [1.165, 1.54) is 11.4 Å². The Morgan fingerprint density at radius 3 is 1.84 bits per heavy atom. The molecule has 3 aromatic rings. The van der Waals surface area contributed by atoms with Gasteiger partial charge in [-0.3, -0.25) is 4.79 Å². The summed E-state index contributed by atoms with van der Waals surface area (Å²) in [6.45, 7) is 12.0. The molecule has 45 heavy (non-hydrogen) atoms. The second-order valence-electron chi connectivity index (χ2n) is 12.7. The fraction of sp³-hybridized carbons (Fsp3) is 0.432. The molecule has 0 spiro atoms. The zero-order valence-corrected chi connectivity index (χ0v) is 27.4. The molecule has 0 unspecified atom stereocenters. The van der Waals surface area contributed by atoms with Gasteiger partial charge in [0, 0.05) is 107 Å². The maximum atomic E-state index is 14.2. The average Bonchev–Trinajstić information content (AvgIpc) is 3.08. The molecule has 3 heterocycles. The van der Waals surface area contributed by atoms with Crippen LogP contribution in [0.4, 0.5) is 17.1 Å². The van der Waals surface area contributed by atoms with Crippen LogP contribution in [-0.4, -0.2) is 127 Å². The highest BCUT2D eigenvalue weighted by Crippen LogP contribution is 2.35. The van der Waals surface area contributed by atoms with E-state index in [4.69, 9.17) is 4.74 Å². The van der Waals surface area contributed by atoms with E-state index in [2.05, 4.69) is 93.0 Å². The number of ketones is 1. The molecule has 8 nitrogen and oxygen atoms in total. The molecule has 0 radical (unpaired) electrons. The molecule has 0 N–H and O–H groups in total. The largest absolute Gasteiger partial charge is 0.496 e. The minimum absolute atomic E-state index is 0.0214. The van der Waals surface area contributed by atoms with Crippen LogP contribution in [0.2, 0.25) is 0 Å². The first-order valence-corrected chi connectivity index (χ1v) is 16.3. The molecule has 0 aromatic heterocycles. The number of carbonyl (C=O) groups is 1. The van der Waals surface area contributed by atoms with Crippen molar-refractivity contribution in [2.24, 2.45) is 0 Å². The van der Waals surface area contributed by atoms with Crippen molar-refractivity contribution in [2.75, 3.05) is 121 Å². The van der Waals surface area contributed by atoms with Gasteiger partial charge in [0.25, 0.3) is 0 Å². The highest BCUT2D eigenvalue weighted by molar-refractivity contribution is 6.11. The number of anilines is 3. The number of allylic oxidation sites excluding steroid dienone is 1. The van der Waals surface area contributed by atoms with Gasteiger partial charge in [0.15, 0.2) is 5.78 Å². The summed E-state index contributed by atoms with van der Waals surface area (Å²) in [5, 5.41) is 0. The number of rotatable bonds is 8. The molecular weight excluding hydrogens is 560 g/mol. The monoisotopic (exact) mass is 608 g/mol. The fourth-order valence-corrected chi connectivity index (χ4v) is 6.62. The predicted octanol–water partition coefficient (Wildman–Crippen LogP) is 4.51. The van der Waals surface area contributed by atoms with Gasteiger partial charge in [0.1, 0.15) is 5.75 Å². The molecule has 0 amide bonds. The van der Waals surface area contributed by atoms with E-state index >= 15 is 0 Å². The summed E-state index contributed by atoms with van der Waals surface area (Å²) >= 11 is 0. The number of hydrogen-bond donors (Lipinski definition) is 0. The van der Waals surface area contributed by atoms with Gasteiger partial charge in [-0.15, -0.1) is 0 Å². The summed E-state index contributed by atoms with van der Waals surface area (Å²) in [5.41, 5.74) is 7.27. The number of nitrogens with zero attached hydrogens (tertiary/aromatic N) is 6. The van der Waals surface area contributed by atoms with Gasteiger partial charge >= 0.3 is 0 Å². The van der Waals surface area contributed by atoms with E-state index in [1.54, 1.807) is 13.2 Å². The maximum absolute atomic E-state index is 14.2. The van der Waals surface area contributed by atoms with Crippen LogP contribution in [0.3, 0.4) is 0 Å². The summed E-state index contributed by atoms with van der Waals surface area (Å²) in [4.78, 5) is 28.6. The van der Waals surface area contributed by atoms with E-state index in [-0.39, 0.29) is 5.78 Å². The van der Waals surface area contributed by atoms with Gasteiger partial charge in [0.05, 0.1) is 7.11 Å². The molecule has 6 rings (SSSR count). The van der Waals surface area contributed by atoms with Crippen molar-refractivity contribution >= 4 is 28.9 Å². The summed E-state index contributed by atoms with van der Waals surface area (Å²) in [6, 6.07) is 21.1. The Balaban J connectivity index is 1.34. The lowest BCUT2D eigenvalue weighted by atomic mass is 9.97. The van der Waals surface area contributed by atoms with Crippen molar-refractivity contribution in [1.29, 1.82) is 0 Å². The third kappa shape index (κ3) is 7.19. The predicted molar refractivity (Wildman–Crippen MR) is 187 cm³/mol. The van der Waals surface area contributed by atoms with E-state index in [1.807, 2.05) is 24.3 Å². The molecule has 238 valence electrons. The zero-order valence-electron chi connectivity index (χ0n) is 27.4. The van der Waals surface area contributed by atoms with Crippen LogP contribution in [0.15, 0.2) is 66.7 Å². The number of hydrogen-bond acceptors (Lipinski definition) is 8. The topological polar surface area (TPSA) is 45.7 Å². The molecule has 0 saturated carbocycles. The maximum Gasteiger partial charge on any atom is 0.187 e. The summed E-state index contributed by atoms with van der Waals surface area (Å²) in [7, 11) is 8.23. The summed E-state index contributed by atoms with van der Waals surface area (Å²) in [6.07, 6.45) is 3.82. The third-order valence-corrected chi connectivity index (χ3v) is 9.66. The number of carbonyl (C=O) groups excluding carboxylic acids is 1. The number of para-hydroxylation sites is 1. The Labute approximate surface area is 269 Å². The van der Waals surface area contributed by atoms with Crippen LogP contribution < -0.4 is 19.4 Å². The molecule has 3 aromatic carbocycles. The first-order chi connectivity index (χ1) is 21.9. The first-order valence-electron chi connectivity index (χ1n) is 16.3. The highest BCUT2D eigenvalue weighted by atomic mass is 16.5. The molecule has 0 bridgehead atoms. The Hall–Kier alpha value is -3.85. The number of piperazine rings is 3. The molecule has 3 saturated heterocycles. The van der Waals surface area contributed by atoms with Crippen molar-refractivity contribution in [3.63, 3.8) is 0 Å². The second-order valence-corrected chi connectivity index (χ2v) is 12.7. The Bertz CT molecular complexity index is 1500. The highest BCUT2D eigenvalue weighted by Gasteiger charge is 2.23. The number of benzene rings is 3. The van der Waals surface area contributed by atoms with Crippen molar-refractivity contribution in [3.8, 4) is 16.9 Å². The van der Waals surface area contributed by atoms with Crippen molar-refractivity contribution < 1.29 is 9.53 Å². The van der Waals surface area contributed by atoms with Gasteiger partial charge in [-0.1, -0.05) is 30.3 Å². The van der Waals surface area contributed by atoms with E-state index < -0.39 is 0 Å². The van der Waals surface area contributed by atoms with Gasteiger partial charge < -0.3 is 34.1 Å². The van der Waals surface area contributed by atoms with Crippen molar-refractivity contribution in [3.05, 3.63) is 77.9 Å². The Morgan fingerprint density at radius 1 is 0.644 bits per heavy atom. The quantitative estimate of drug-likeness (QED) is 0.274. The van der Waals surface area contributed by atoms with Crippen molar-refractivity contribution in [1.82, 2.24) is 14.7 Å². The molecule has 3 aliphatic rings. The molecule has 0 atom stereocenters. The van der Waals surface area contributed by atoms with Crippen LogP contribution >= 0.6 is 0 Å². The van der Waals surface area contributed by atoms with Crippen LogP contribution in [0.25, 0.3) is 17.2 Å². The Morgan fingerprint density at radius 2 is 1.22 bits per heavy atom. The van der Waals surface area contributed by atoms with E-state index in [0.29, 0.717) is 0 Å². The van der Waals surface area contributed by atoms with E-state index in [0.717, 1.165) is 112 Å². The SMILES string of the molecule is COc1ccccc1-c1ccc(N2CCN(C)CC2)c(C(=O)C=Cc2ccc(N3CCN(C)CC3)cc2N2CCN(C)CC2)c1. The first kappa shape index (κ1) is 31.1. The van der Waals surface area contributed by atoms with Gasteiger partial charge in [-0.05, 0) is 74.8 Å². The Kier molecular flexibility index (Phi) is 9.73. The minimum atomic E-state index is 0.0214. The van der Waals surface area contributed by atoms with Crippen LogP contribution in [-0.2, 0) is 0 Å². The van der Waals surface area contributed by atoms with Gasteiger partial charge in [0.2, 0.25) is 0 Å². The number of likely N-dealkylation sites (N-methyl/N-ethyl adjacent to an activating group) is 3. The fourth-order valence-electron chi connectivity index (χ4n) is 6.62. The molecular formula is C37H48N6O2. The lowest BCUT2D eigenvalue weighted by Gasteiger charge is -2.37. The summed E-state index contributed by atoms with van der Waals surface area (Å²) < 4.78 is 5.67. The normalized spacial score (nSPS) is 19.0. The van der Waals surface area contributed by atoms with Gasteiger partial charge in [-0.25, -0.2) is 0 Å². The van der Waals surface area contributed by atoms with Crippen LogP contribution in [0.5, 0.6) is 5.75 Å². The van der Waals surface area contributed by atoms with Crippen molar-refractivity contribution in [2.45, 2.75) is 0 Å². The van der Waals surface area contributed by atoms with Gasteiger partial charge in [-0.2, -0.15) is 0 Å². The second kappa shape index (κ2) is 14.1. The smallest absolute Gasteiger partial charge is 0.187 e. The molecule has 0 aliphatic carbocycles. The lowest BCUT2D eigenvalue weighted by molar-refractivity contribution is 0.104. The lowest BCUT2D eigenvalue weighted by Crippen LogP contribution is -2.45. The number of ether oxygens (including phenoxy) is 1. The van der Waals surface area contributed by atoms with Crippen LogP contribution in [0.1, 0.15) is 15.9 Å².